The van der Waals surface area contributed by atoms with Crippen molar-refractivity contribution < 1.29 is 8.42 Å². The first-order valence-corrected chi connectivity index (χ1v) is 8.53. The third-order valence-corrected chi connectivity index (χ3v) is 5.98. The van der Waals surface area contributed by atoms with Gasteiger partial charge in [0.25, 0.3) is 10.2 Å². The highest BCUT2D eigenvalue weighted by Crippen LogP contribution is 2.25. The Bertz CT molecular complexity index is 350. The Labute approximate surface area is 111 Å². The normalized spacial score (nSPS) is 28.4. The van der Waals surface area contributed by atoms with Gasteiger partial charge in [0.15, 0.2) is 0 Å². The predicted molar refractivity (Wildman–Crippen MR) is 72.6 cm³/mol. The van der Waals surface area contributed by atoms with E-state index >= 15 is 0 Å². The lowest BCUT2D eigenvalue weighted by Gasteiger charge is -2.39. The van der Waals surface area contributed by atoms with E-state index in [4.69, 9.17) is 0 Å². The SMILES string of the molecule is CCCC1CCCCN1S(=O)(=O)N1CCNCC1. The lowest BCUT2D eigenvalue weighted by molar-refractivity contribution is 0.216. The number of hydrogen-bond donors (Lipinski definition) is 1. The molecule has 2 heterocycles. The number of piperazine rings is 1. The highest BCUT2D eigenvalue weighted by Gasteiger charge is 2.36. The second-order valence-corrected chi connectivity index (χ2v) is 7.09. The average molecular weight is 275 g/mol. The van der Waals surface area contributed by atoms with E-state index in [1.165, 1.54) is 0 Å². The first kappa shape index (κ1) is 14.2. The fraction of sp³-hybridized carbons (Fsp3) is 1.00. The first-order chi connectivity index (χ1) is 8.66. The smallest absolute Gasteiger partial charge is 0.282 e. The molecule has 0 aromatic heterocycles. The van der Waals surface area contributed by atoms with Gasteiger partial charge in [0.1, 0.15) is 0 Å². The minimum atomic E-state index is -3.23. The van der Waals surface area contributed by atoms with Crippen molar-refractivity contribution in [1.82, 2.24) is 13.9 Å². The standard InChI is InChI=1S/C12H25N3O2S/c1-2-5-12-6-3-4-9-15(12)18(16,17)14-10-7-13-8-11-14/h12-13H,2-11H2,1H3. The number of nitrogens with zero attached hydrogens (tertiary/aromatic N) is 2. The van der Waals surface area contributed by atoms with E-state index in [1.807, 2.05) is 0 Å². The van der Waals surface area contributed by atoms with Gasteiger partial charge in [-0.3, -0.25) is 0 Å². The van der Waals surface area contributed by atoms with Crippen molar-refractivity contribution in [2.24, 2.45) is 0 Å². The van der Waals surface area contributed by atoms with Crippen LogP contribution in [0.25, 0.3) is 0 Å². The van der Waals surface area contributed by atoms with Crippen molar-refractivity contribution in [2.75, 3.05) is 32.7 Å². The van der Waals surface area contributed by atoms with Gasteiger partial charge in [0.05, 0.1) is 0 Å². The maximum atomic E-state index is 12.6. The molecular formula is C12H25N3O2S. The summed E-state index contributed by atoms with van der Waals surface area (Å²) in [7, 11) is -3.23. The molecule has 0 amide bonds. The average Bonchev–Trinajstić information content (AvgIpc) is 2.41. The van der Waals surface area contributed by atoms with Crippen LogP contribution in [0.1, 0.15) is 39.0 Å². The van der Waals surface area contributed by atoms with E-state index in [9.17, 15) is 8.42 Å². The van der Waals surface area contributed by atoms with E-state index in [2.05, 4.69) is 12.2 Å². The van der Waals surface area contributed by atoms with Crippen molar-refractivity contribution in [3.8, 4) is 0 Å². The molecular weight excluding hydrogens is 250 g/mol. The summed E-state index contributed by atoms with van der Waals surface area (Å²) in [4.78, 5) is 0. The molecule has 2 rings (SSSR count). The van der Waals surface area contributed by atoms with Gasteiger partial charge in [-0.05, 0) is 19.3 Å². The predicted octanol–water partition coefficient (Wildman–Crippen LogP) is 0.791. The maximum Gasteiger partial charge on any atom is 0.282 e. The summed E-state index contributed by atoms with van der Waals surface area (Å²) in [5.41, 5.74) is 0. The van der Waals surface area contributed by atoms with Gasteiger partial charge in [-0.15, -0.1) is 0 Å². The van der Waals surface area contributed by atoms with Crippen LogP contribution in [0, 0.1) is 0 Å². The van der Waals surface area contributed by atoms with Gasteiger partial charge in [-0.1, -0.05) is 19.8 Å². The molecule has 106 valence electrons. The topological polar surface area (TPSA) is 52.7 Å². The van der Waals surface area contributed by atoms with E-state index < -0.39 is 10.2 Å². The van der Waals surface area contributed by atoms with Crippen molar-refractivity contribution in [3.63, 3.8) is 0 Å². The molecule has 1 N–H and O–H groups in total. The molecule has 2 saturated heterocycles. The van der Waals surface area contributed by atoms with Gasteiger partial charge in [-0.25, -0.2) is 0 Å². The van der Waals surface area contributed by atoms with Crippen LogP contribution in [-0.2, 0) is 10.2 Å². The Morgan fingerprint density at radius 1 is 1.17 bits per heavy atom. The van der Waals surface area contributed by atoms with E-state index in [0.29, 0.717) is 19.6 Å². The zero-order valence-corrected chi connectivity index (χ0v) is 12.1. The van der Waals surface area contributed by atoms with Crippen molar-refractivity contribution >= 4 is 10.2 Å². The van der Waals surface area contributed by atoms with Gasteiger partial charge in [0.2, 0.25) is 0 Å². The van der Waals surface area contributed by atoms with E-state index in [1.54, 1.807) is 8.61 Å². The Hall–Kier alpha value is -0.170. The summed E-state index contributed by atoms with van der Waals surface area (Å²) >= 11 is 0. The second-order valence-electron chi connectivity index (χ2n) is 5.21. The first-order valence-electron chi connectivity index (χ1n) is 7.14. The lowest BCUT2D eigenvalue weighted by Crippen LogP contribution is -2.55. The number of rotatable bonds is 4. The van der Waals surface area contributed by atoms with Gasteiger partial charge in [0, 0.05) is 38.8 Å². The number of nitrogens with one attached hydrogen (secondary N) is 1. The van der Waals surface area contributed by atoms with Crippen molar-refractivity contribution in [1.29, 1.82) is 0 Å². The summed E-state index contributed by atoms with van der Waals surface area (Å²) in [5, 5.41) is 3.20. The number of piperidine rings is 1. The molecule has 0 bridgehead atoms. The fourth-order valence-electron chi connectivity index (χ4n) is 2.92. The molecule has 5 nitrogen and oxygen atoms in total. The quantitative estimate of drug-likeness (QED) is 0.825. The molecule has 2 fully saturated rings. The van der Waals surface area contributed by atoms with Crippen LogP contribution in [0.4, 0.5) is 0 Å². The third kappa shape index (κ3) is 3.04. The van der Waals surface area contributed by atoms with Gasteiger partial charge in [-0.2, -0.15) is 17.0 Å². The van der Waals surface area contributed by atoms with Crippen LogP contribution in [0.2, 0.25) is 0 Å². The highest BCUT2D eigenvalue weighted by atomic mass is 32.2. The highest BCUT2D eigenvalue weighted by molar-refractivity contribution is 7.86. The Morgan fingerprint density at radius 2 is 1.89 bits per heavy atom. The van der Waals surface area contributed by atoms with E-state index in [0.717, 1.165) is 45.2 Å². The molecule has 1 unspecified atom stereocenters. The number of hydrogen-bond acceptors (Lipinski definition) is 3. The van der Waals surface area contributed by atoms with Crippen LogP contribution >= 0.6 is 0 Å². The molecule has 2 aliphatic heterocycles. The lowest BCUT2D eigenvalue weighted by atomic mass is 10.0. The largest absolute Gasteiger partial charge is 0.314 e. The monoisotopic (exact) mass is 275 g/mol. The molecule has 0 aromatic rings. The molecule has 0 saturated carbocycles. The molecule has 0 radical (unpaired) electrons. The third-order valence-electron chi connectivity index (χ3n) is 3.89. The molecule has 0 spiro atoms. The van der Waals surface area contributed by atoms with Crippen LogP contribution in [-0.4, -0.2) is 55.8 Å². The van der Waals surface area contributed by atoms with Crippen LogP contribution < -0.4 is 5.32 Å². The van der Waals surface area contributed by atoms with E-state index in [-0.39, 0.29) is 6.04 Å². The summed E-state index contributed by atoms with van der Waals surface area (Å²) in [6, 6.07) is 0.226. The van der Waals surface area contributed by atoms with Gasteiger partial charge >= 0.3 is 0 Å². The van der Waals surface area contributed by atoms with Crippen LogP contribution in [0.3, 0.4) is 0 Å². The van der Waals surface area contributed by atoms with Crippen LogP contribution in [0.15, 0.2) is 0 Å². The molecule has 0 aromatic carbocycles. The minimum Gasteiger partial charge on any atom is -0.314 e. The molecule has 6 heteroatoms. The second kappa shape index (κ2) is 6.32. The molecule has 0 aliphatic carbocycles. The Kier molecular flexibility index (Phi) is 5.00. The summed E-state index contributed by atoms with van der Waals surface area (Å²) in [6.45, 7) is 5.59. The summed E-state index contributed by atoms with van der Waals surface area (Å²) < 4.78 is 28.7. The summed E-state index contributed by atoms with van der Waals surface area (Å²) in [6.07, 6.45) is 5.24. The minimum absolute atomic E-state index is 0.226. The molecule has 2 aliphatic rings. The van der Waals surface area contributed by atoms with Gasteiger partial charge < -0.3 is 5.32 Å². The maximum absolute atomic E-state index is 12.6. The van der Waals surface area contributed by atoms with Crippen LogP contribution in [0.5, 0.6) is 0 Å². The molecule has 18 heavy (non-hydrogen) atoms. The fourth-order valence-corrected chi connectivity index (χ4v) is 4.81. The molecule has 1 atom stereocenters. The van der Waals surface area contributed by atoms with Crippen molar-refractivity contribution in [3.05, 3.63) is 0 Å². The Morgan fingerprint density at radius 3 is 2.56 bits per heavy atom. The zero-order valence-electron chi connectivity index (χ0n) is 11.3. The zero-order chi connectivity index (χ0) is 13.0. The van der Waals surface area contributed by atoms with Crippen molar-refractivity contribution in [2.45, 2.75) is 45.1 Å². The Balaban J connectivity index is 2.10. The summed E-state index contributed by atoms with van der Waals surface area (Å²) in [5.74, 6) is 0.